The van der Waals surface area contributed by atoms with Crippen molar-refractivity contribution in [1.82, 2.24) is 15.1 Å². The molecule has 2 aliphatic rings. The number of hydrogen-bond donors (Lipinski definition) is 1. The largest absolute Gasteiger partial charge is 0.379 e. The van der Waals surface area contributed by atoms with Crippen LogP contribution in [0.15, 0.2) is 35.3 Å². The maximum absolute atomic E-state index is 5.95. The van der Waals surface area contributed by atoms with Crippen LogP contribution in [-0.2, 0) is 16.1 Å². The van der Waals surface area contributed by atoms with E-state index in [1.807, 2.05) is 6.07 Å². The average Bonchev–Trinajstić information content (AvgIpc) is 3.18. The number of benzene rings is 1. The Balaban J connectivity index is 0.00000280. The highest BCUT2D eigenvalue weighted by Gasteiger charge is 2.25. The van der Waals surface area contributed by atoms with Crippen LogP contribution in [0.3, 0.4) is 0 Å². The predicted octanol–water partition coefficient (Wildman–Crippen LogP) is 2.44. The summed E-state index contributed by atoms with van der Waals surface area (Å²) < 4.78 is 11.4. The first-order valence-corrected chi connectivity index (χ1v) is 10.3. The maximum Gasteiger partial charge on any atom is 0.193 e. The summed E-state index contributed by atoms with van der Waals surface area (Å²) in [5.74, 6) is 1.63. The van der Waals surface area contributed by atoms with Crippen molar-refractivity contribution in [3.05, 3.63) is 35.9 Å². The second-order valence-corrected chi connectivity index (χ2v) is 7.29. The van der Waals surface area contributed by atoms with Gasteiger partial charge in [-0.2, -0.15) is 0 Å². The van der Waals surface area contributed by atoms with E-state index in [0.29, 0.717) is 12.5 Å². The van der Waals surface area contributed by atoms with Gasteiger partial charge in [-0.15, -0.1) is 24.0 Å². The molecule has 2 fully saturated rings. The molecule has 2 aliphatic heterocycles. The van der Waals surface area contributed by atoms with Crippen molar-refractivity contribution in [1.29, 1.82) is 0 Å². The van der Waals surface area contributed by atoms with Crippen molar-refractivity contribution < 1.29 is 9.47 Å². The van der Waals surface area contributed by atoms with E-state index in [9.17, 15) is 0 Å². The highest BCUT2D eigenvalue weighted by atomic mass is 127. The Hall–Kier alpha value is -0.900. The molecule has 158 valence electrons. The molecule has 0 bridgehead atoms. The number of hydrogen-bond acceptors (Lipinski definition) is 4. The number of nitrogens with one attached hydrogen (secondary N) is 1. The van der Waals surface area contributed by atoms with Gasteiger partial charge in [0.15, 0.2) is 5.96 Å². The molecule has 0 amide bonds. The quantitative estimate of drug-likeness (QED) is 0.336. The summed E-state index contributed by atoms with van der Waals surface area (Å²) in [4.78, 5) is 9.68. The van der Waals surface area contributed by atoms with Crippen LogP contribution in [0.1, 0.15) is 18.9 Å². The van der Waals surface area contributed by atoms with Crippen molar-refractivity contribution >= 4 is 29.9 Å². The normalized spacial score (nSPS) is 20.8. The van der Waals surface area contributed by atoms with Crippen LogP contribution >= 0.6 is 24.0 Å². The Morgan fingerprint density at radius 2 is 2.00 bits per heavy atom. The number of morpholine rings is 1. The van der Waals surface area contributed by atoms with Crippen molar-refractivity contribution in [3.8, 4) is 0 Å². The van der Waals surface area contributed by atoms with Gasteiger partial charge in [0.1, 0.15) is 0 Å². The number of aliphatic imine (C=N–C) groups is 1. The van der Waals surface area contributed by atoms with Gasteiger partial charge in [0.25, 0.3) is 0 Å². The Morgan fingerprint density at radius 3 is 2.75 bits per heavy atom. The summed E-state index contributed by atoms with van der Waals surface area (Å²) in [5.41, 5.74) is 1.24. The molecule has 1 atom stereocenters. The first-order valence-electron chi connectivity index (χ1n) is 10.3. The number of guanidine groups is 1. The lowest BCUT2D eigenvalue weighted by molar-refractivity contribution is 0.0394. The topological polar surface area (TPSA) is 49.3 Å². The van der Waals surface area contributed by atoms with Crippen LogP contribution in [-0.4, -0.2) is 81.4 Å². The molecule has 1 unspecified atom stereocenters. The molecular formula is C21H35IN4O2. The second kappa shape index (κ2) is 13.3. The van der Waals surface area contributed by atoms with Crippen LogP contribution in [0.5, 0.6) is 0 Å². The minimum atomic E-state index is 0. The summed E-state index contributed by atoms with van der Waals surface area (Å²) in [6.07, 6.45) is 1.17. The molecule has 1 aromatic rings. The third kappa shape index (κ3) is 7.85. The van der Waals surface area contributed by atoms with Gasteiger partial charge in [-0.1, -0.05) is 30.3 Å². The fraction of sp³-hybridized carbons (Fsp3) is 0.667. The zero-order chi connectivity index (χ0) is 18.7. The molecule has 2 heterocycles. The van der Waals surface area contributed by atoms with E-state index >= 15 is 0 Å². The van der Waals surface area contributed by atoms with Gasteiger partial charge >= 0.3 is 0 Å². The number of nitrogens with zero attached hydrogens (tertiary/aromatic N) is 3. The van der Waals surface area contributed by atoms with E-state index in [4.69, 9.17) is 14.5 Å². The lowest BCUT2D eigenvalue weighted by atomic mass is 10.1. The van der Waals surface area contributed by atoms with Gasteiger partial charge < -0.3 is 19.7 Å². The number of ether oxygens (including phenoxy) is 2. The molecule has 2 saturated heterocycles. The van der Waals surface area contributed by atoms with Crippen LogP contribution < -0.4 is 5.32 Å². The third-order valence-corrected chi connectivity index (χ3v) is 5.17. The van der Waals surface area contributed by atoms with Gasteiger partial charge in [0.05, 0.1) is 33.0 Å². The molecule has 3 rings (SSSR count). The zero-order valence-corrected chi connectivity index (χ0v) is 19.3. The Morgan fingerprint density at radius 1 is 1.21 bits per heavy atom. The molecule has 0 saturated carbocycles. The van der Waals surface area contributed by atoms with Gasteiger partial charge in [0, 0.05) is 45.2 Å². The SMILES string of the molecule is CCNC(=NCCN1CCOCC1)N1CCC(COCc2ccccc2)C1.I. The van der Waals surface area contributed by atoms with E-state index in [-0.39, 0.29) is 24.0 Å². The maximum atomic E-state index is 5.95. The second-order valence-electron chi connectivity index (χ2n) is 7.29. The van der Waals surface area contributed by atoms with Crippen molar-refractivity contribution in [2.45, 2.75) is 20.0 Å². The molecule has 0 aliphatic carbocycles. The van der Waals surface area contributed by atoms with Crippen LogP contribution in [0.4, 0.5) is 0 Å². The fourth-order valence-corrected chi connectivity index (χ4v) is 3.63. The van der Waals surface area contributed by atoms with Crippen molar-refractivity contribution in [2.75, 3.05) is 65.6 Å². The van der Waals surface area contributed by atoms with Crippen molar-refractivity contribution in [2.24, 2.45) is 10.9 Å². The van der Waals surface area contributed by atoms with Gasteiger partial charge in [-0.3, -0.25) is 9.89 Å². The monoisotopic (exact) mass is 502 g/mol. The average molecular weight is 502 g/mol. The van der Waals surface area contributed by atoms with Gasteiger partial charge in [0.2, 0.25) is 0 Å². The molecule has 28 heavy (non-hydrogen) atoms. The van der Waals surface area contributed by atoms with Crippen LogP contribution in [0, 0.1) is 5.92 Å². The highest BCUT2D eigenvalue weighted by Crippen LogP contribution is 2.17. The first kappa shape index (κ1) is 23.4. The summed E-state index contributed by atoms with van der Waals surface area (Å²) in [7, 11) is 0. The fourth-order valence-electron chi connectivity index (χ4n) is 3.63. The minimum Gasteiger partial charge on any atom is -0.379 e. The standard InChI is InChI=1S/C21H34N4O2.HI/c1-2-22-21(23-9-11-24-12-14-26-15-13-24)25-10-8-20(16-25)18-27-17-19-6-4-3-5-7-19;/h3-7,20H,2,8-18H2,1H3,(H,22,23);1H. The molecule has 1 aromatic carbocycles. The smallest absolute Gasteiger partial charge is 0.193 e. The van der Waals surface area contributed by atoms with Gasteiger partial charge in [-0.05, 0) is 18.9 Å². The van der Waals surface area contributed by atoms with Crippen LogP contribution in [0.25, 0.3) is 0 Å². The molecular weight excluding hydrogens is 467 g/mol. The van der Waals surface area contributed by atoms with E-state index in [1.54, 1.807) is 0 Å². The predicted molar refractivity (Wildman–Crippen MR) is 124 cm³/mol. The molecule has 0 aromatic heterocycles. The first-order chi connectivity index (χ1) is 13.3. The van der Waals surface area contributed by atoms with E-state index in [1.165, 1.54) is 12.0 Å². The number of halogens is 1. The zero-order valence-electron chi connectivity index (χ0n) is 17.0. The van der Waals surface area contributed by atoms with E-state index in [2.05, 4.69) is 46.3 Å². The molecule has 0 radical (unpaired) electrons. The van der Waals surface area contributed by atoms with E-state index < -0.39 is 0 Å². The Bertz CT molecular complexity index is 567. The lowest BCUT2D eigenvalue weighted by Gasteiger charge is -2.26. The van der Waals surface area contributed by atoms with E-state index in [0.717, 1.165) is 71.6 Å². The van der Waals surface area contributed by atoms with Crippen LogP contribution in [0.2, 0.25) is 0 Å². The number of likely N-dealkylation sites (tertiary alicyclic amines) is 1. The lowest BCUT2D eigenvalue weighted by Crippen LogP contribution is -2.41. The molecule has 6 nitrogen and oxygen atoms in total. The third-order valence-electron chi connectivity index (χ3n) is 5.17. The number of rotatable bonds is 8. The molecule has 1 N–H and O–H groups in total. The Labute approximate surface area is 186 Å². The summed E-state index contributed by atoms with van der Waals surface area (Å²) in [6, 6.07) is 10.4. The highest BCUT2D eigenvalue weighted by molar-refractivity contribution is 14.0. The minimum absolute atomic E-state index is 0. The summed E-state index contributed by atoms with van der Waals surface area (Å²) in [6.45, 7) is 12.2. The summed E-state index contributed by atoms with van der Waals surface area (Å²) >= 11 is 0. The molecule has 0 spiro atoms. The van der Waals surface area contributed by atoms with Gasteiger partial charge in [-0.25, -0.2) is 0 Å². The van der Waals surface area contributed by atoms with Crippen molar-refractivity contribution in [3.63, 3.8) is 0 Å². The molecule has 7 heteroatoms. The Kier molecular flexibility index (Phi) is 11.1. The summed E-state index contributed by atoms with van der Waals surface area (Å²) in [5, 5.41) is 3.46.